The number of benzene rings is 1. The lowest BCUT2D eigenvalue weighted by Crippen LogP contribution is -2.43. The van der Waals surface area contributed by atoms with Crippen molar-refractivity contribution in [2.45, 2.75) is 12.6 Å². The third-order valence-corrected chi connectivity index (χ3v) is 3.21. The van der Waals surface area contributed by atoms with Crippen LogP contribution >= 0.6 is 0 Å². The van der Waals surface area contributed by atoms with E-state index < -0.39 is 0 Å². The Bertz CT molecular complexity index is 510. The van der Waals surface area contributed by atoms with E-state index in [0.29, 0.717) is 30.8 Å². The van der Waals surface area contributed by atoms with Crippen molar-refractivity contribution in [3.8, 4) is 11.8 Å². The van der Waals surface area contributed by atoms with Gasteiger partial charge in [0.1, 0.15) is 5.82 Å². The van der Waals surface area contributed by atoms with Crippen molar-refractivity contribution < 1.29 is 14.2 Å². The maximum Gasteiger partial charge on any atom is 0.128 e. The average Bonchev–Trinajstić information content (AvgIpc) is 2.48. The quantitative estimate of drug-likeness (QED) is 0.782. The molecule has 1 unspecified atom stereocenters. The Kier molecular flexibility index (Phi) is 5.50. The zero-order valence-electron chi connectivity index (χ0n) is 11.3. The van der Waals surface area contributed by atoms with Crippen LogP contribution in [0.1, 0.15) is 11.1 Å². The number of rotatable bonds is 3. The molecule has 1 aromatic carbocycles. The molecule has 1 saturated heterocycles. The van der Waals surface area contributed by atoms with E-state index in [-0.39, 0.29) is 25.1 Å². The van der Waals surface area contributed by atoms with Gasteiger partial charge in [-0.15, -0.1) is 0 Å². The van der Waals surface area contributed by atoms with Gasteiger partial charge in [-0.05, 0) is 12.1 Å². The molecule has 3 N–H and O–H groups in total. The molecule has 20 heavy (non-hydrogen) atoms. The Morgan fingerprint density at radius 1 is 1.50 bits per heavy atom. The second-order valence-corrected chi connectivity index (χ2v) is 4.72. The van der Waals surface area contributed by atoms with E-state index in [9.17, 15) is 4.39 Å². The fraction of sp³-hybridized carbons (Fsp3) is 0.467. The molecule has 1 aliphatic rings. The van der Waals surface area contributed by atoms with Gasteiger partial charge in [0, 0.05) is 30.8 Å². The van der Waals surface area contributed by atoms with Gasteiger partial charge in [-0.2, -0.15) is 0 Å². The van der Waals surface area contributed by atoms with Gasteiger partial charge in [-0.1, -0.05) is 17.9 Å². The molecule has 0 spiro atoms. The number of aliphatic hydroxyl groups excluding tert-OH is 1. The Morgan fingerprint density at radius 2 is 2.35 bits per heavy atom. The molecular weight excluding hydrogens is 259 g/mol. The average molecular weight is 278 g/mol. The summed E-state index contributed by atoms with van der Waals surface area (Å²) < 4.78 is 19.4. The summed E-state index contributed by atoms with van der Waals surface area (Å²) in [6, 6.07) is 4.98. The molecule has 4 nitrogen and oxygen atoms in total. The van der Waals surface area contributed by atoms with Crippen molar-refractivity contribution in [3.63, 3.8) is 0 Å². The molecule has 2 rings (SSSR count). The molecule has 1 fully saturated rings. The van der Waals surface area contributed by atoms with E-state index >= 15 is 0 Å². The van der Waals surface area contributed by atoms with E-state index in [1.165, 1.54) is 6.07 Å². The molecular formula is C15H19FN2O2. The van der Waals surface area contributed by atoms with E-state index in [2.05, 4.69) is 16.7 Å². The maximum atomic E-state index is 14.0. The lowest BCUT2D eigenvalue weighted by Gasteiger charge is -2.32. The zero-order chi connectivity index (χ0) is 14.4. The third kappa shape index (κ3) is 4.02. The molecule has 0 amide bonds. The number of nitrogens with two attached hydrogens (primary N) is 1. The lowest BCUT2D eigenvalue weighted by molar-refractivity contribution is -0.0553. The Hall–Kier alpha value is -1.45. The molecule has 1 heterocycles. The highest BCUT2D eigenvalue weighted by molar-refractivity contribution is 5.37. The minimum absolute atomic E-state index is 0.00734. The number of hydrogen-bond donors (Lipinski definition) is 2. The Morgan fingerprint density at radius 3 is 3.05 bits per heavy atom. The maximum absolute atomic E-state index is 14.0. The van der Waals surface area contributed by atoms with Crippen molar-refractivity contribution in [3.05, 3.63) is 35.1 Å². The topological polar surface area (TPSA) is 58.7 Å². The Labute approximate surface area is 118 Å². The molecule has 1 atom stereocenters. The van der Waals surface area contributed by atoms with E-state index in [0.717, 1.165) is 6.54 Å². The van der Waals surface area contributed by atoms with Crippen molar-refractivity contribution in [2.24, 2.45) is 5.73 Å². The van der Waals surface area contributed by atoms with Gasteiger partial charge in [0.05, 0.1) is 25.9 Å². The van der Waals surface area contributed by atoms with Crippen LogP contribution in [-0.4, -0.2) is 49.0 Å². The summed E-state index contributed by atoms with van der Waals surface area (Å²) in [5, 5.41) is 9.10. The zero-order valence-corrected chi connectivity index (χ0v) is 11.3. The molecule has 0 aromatic heterocycles. The number of nitrogens with zero attached hydrogens (tertiary/aromatic N) is 1. The monoisotopic (exact) mass is 278 g/mol. The first-order valence-corrected chi connectivity index (χ1v) is 6.65. The number of hydrogen-bond acceptors (Lipinski definition) is 4. The summed E-state index contributed by atoms with van der Waals surface area (Å²) in [5.74, 6) is 5.25. The summed E-state index contributed by atoms with van der Waals surface area (Å²) >= 11 is 0. The number of halogens is 1. The van der Waals surface area contributed by atoms with Crippen LogP contribution < -0.4 is 5.73 Å². The molecule has 0 radical (unpaired) electrons. The van der Waals surface area contributed by atoms with Crippen LogP contribution in [0, 0.1) is 17.7 Å². The van der Waals surface area contributed by atoms with Crippen LogP contribution in [0.4, 0.5) is 4.39 Å². The van der Waals surface area contributed by atoms with Gasteiger partial charge in [0.2, 0.25) is 0 Å². The van der Waals surface area contributed by atoms with E-state index in [1.807, 2.05) is 0 Å². The molecule has 5 heteroatoms. The smallest absolute Gasteiger partial charge is 0.128 e. The Balaban J connectivity index is 2.02. The first kappa shape index (κ1) is 14.9. The molecule has 0 aliphatic carbocycles. The molecule has 108 valence electrons. The number of morpholine rings is 1. The van der Waals surface area contributed by atoms with Gasteiger partial charge < -0.3 is 15.6 Å². The van der Waals surface area contributed by atoms with Crippen molar-refractivity contribution in [2.75, 3.05) is 32.8 Å². The molecule has 1 aromatic rings. The van der Waals surface area contributed by atoms with Crippen LogP contribution in [0.5, 0.6) is 0 Å². The summed E-state index contributed by atoms with van der Waals surface area (Å²) in [7, 11) is 0. The predicted molar refractivity (Wildman–Crippen MR) is 74.4 cm³/mol. The van der Waals surface area contributed by atoms with Crippen LogP contribution in [0.3, 0.4) is 0 Å². The predicted octanol–water partition coefficient (Wildman–Crippen LogP) is 0.329. The van der Waals surface area contributed by atoms with E-state index in [1.54, 1.807) is 12.1 Å². The second-order valence-electron chi connectivity index (χ2n) is 4.72. The fourth-order valence-electron chi connectivity index (χ4n) is 2.18. The van der Waals surface area contributed by atoms with Crippen LogP contribution in [0.2, 0.25) is 0 Å². The summed E-state index contributed by atoms with van der Waals surface area (Å²) in [6.45, 7) is 2.69. The highest BCUT2D eigenvalue weighted by atomic mass is 19.1. The third-order valence-electron chi connectivity index (χ3n) is 3.21. The summed E-state index contributed by atoms with van der Waals surface area (Å²) in [4.78, 5) is 2.08. The van der Waals surface area contributed by atoms with Gasteiger partial charge in [-0.25, -0.2) is 4.39 Å². The van der Waals surface area contributed by atoms with Crippen molar-refractivity contribution >= 4 is 0 Å². The highest BCUT2D eigenvalue weighted by Crippen LogP contribution is 2.15. The fourth-order valence-corrected chi connectivity index (χ4v) is 2.18. The first-order chi connectivity index (χ1) is 9.72. The second kappa shape index (κ2) is 7.36. The standard InChI is InChI=1S/C15H19FN2O2/c16-15-8-12(2-1-5-17)3-4-13(15)9-18-6-7-20-14(10-18)11-19/h3-4,8,14,19H,5-7,9-11,17H2. The first-order valence-electron chi connectivity index (χ1n) is 6.65. The largest absolute Gasteiger partial charge is 0.394 e. The van der Waals surface area contributed by atoms with Gasteiger partial charge in [-0.3, -0.25) is 4.90 Å². The van der Waals surface area contributed by atoms with Crippen molar-refractivity contribution in [1.82, 2.24) is 4.90 Å². The van der Waals surface area contributed by atoms with Crippen molar-refractivity contribution in [1.29, 1.82) is 0 Å². The molecule has 1 aliphatic heterocycles. The van der Waals surface area contributed by atoms with E-state index in [4.69, 9.17) is 15.6 Å². The SMILES string of the molecule is NCC#Cc1ccc(CN2CCOC(CO)C2)c(F)c1. The van der Waals surface area contributed by atoms with Gasteiger partial charge in [0.25, 0.3) is 0 Å². The number of ether oxygens (including phenoxy) is 1. The summed E-state index contributed by atoms with van der Waals surface area (Å²) in [6.07, 6.45) is -0.179. The molecule has 0 saturated carbocycles. The van der Waals surface area contributed by atoms with Gasteiger partial charge in [0.15, 0.2) is 0 Å². The van der Waals surface area contributed by atoms with Crippen LogP contribution in [0.15, 0.2) is 18.2 Å². The van der Waals surface area contributed by atoms with Crippen LogP contribution in [0.25, 0.3) is 0 Å². The van der Waals surface area contributed by atoms with Gasteiger partial charge >= 0.3 is 0 Å². The lowest BCUT2D eigenvalue weighted by atomic mass is 10.1. The minimum atomic E-state index is -0.263. The minimum Gasteiger partial charge on any atom is -0.394 e. The molecule has 0 bridgehead atoms. The summed E-state index contributed by atoms with van der Waals surface area (Å²) in [5.41, 5.74) is 6.55. The van der Waals surface area contributed by atoms with Crippen LogP contribution in [-0.2, 0) is 11.3 Å². The normalized spacial score (nSPS) is 19.4. The highest BCUT2D eigenvalue weighted by Gasteiger charge is 2.20. The number of aliphatic hydroxyl groups is 1.